The van der Waals surface area contributed by atoms with Crippen LogP contribution in [0.4, 0.5) is 24.2 Å². The molecular weight excluding hydrogens is 573 g/mol. The van der Waals surface area contributed by atoms with Gasteiger partial charge < -0.3 is 23.5 Å². The molecule has 0 radical (unpaired) electrons. The normalized spacial score (nSPS) is 17.0. The zero-order chi connectivity index (χ0) is 32.0. The minimum Gasteiger partial charge on any atom is -0.482 e. The van der Waals surface area contributed by atoms with Gasteiger partial charge in [0, 0.05) is 17.2 Å². The Morgan fingerprint density at radius 1 is 0.952 bits per heavy atom. The molecule has 0 spiro atoms. The highest BCUT2D eigenvalue weighted by atomic mass is 35.5. The molecule has 0 N–H and O–H groups in total. The second-order valence-electron chi connectivity index (χ2n) is 13.0. The summed E-state index contributed by atoms with van der Waals surface area (Å²) in [5, 5.41) is -0.477. The van der Waals surface area contributed by atoms with Gasteiger partial charge >= 0.3 is 19.3 Å². The Bertz CT molecular complexity index is 1310. The average molecular weight is 611 g/mol. The maximum absolute atomic E-state index is 14.8. The molecule has 0 bridgehead atoms. The van der Waals surface area contributed by atoms with Gasteiger partial charge in [-0.3, -0.25) is 0 Å². The summed E-state index contributed by atoms with van der Waals surface area (Å²) in [6, 6.07) is 3.25. The van der Waals surface area contributed by atoms with E-state index in [1.807, 2.05) is 27.7 Å². The number of amides is 2. The number of pyridine rings is 1. The number of halogens is 3. The number of ether oxygens (including phenoxy) is 3. The molecule has 2 amide bonds. The lowest BCUT2D eigenvalue weighted by atomic mass is 9.80. The van der Waals surface area contributed by atoms with E-state index < -0.39 is 64.5 Å². The van der Waals surface area contributed by atoms with Crippen molar-refractivity contribution in [2.45, 2.75) is 105 Å². The average Bonchev–Trinajstić information content (AvgIpc) is 3.02. The first-order valence-electron chi connectivity index (χ1n) is 13.4. The number of anilines is 1. The highest BCUT2D eigenvalue weighted by Crippen LogP contribution is 2.39. The number of hydrogen-bond donors (Lipinski definition) is 0. The summed E-state index contributed by atoms with van der Waals surface area (Å²) in [4.78, 5) is 31.7. The molecule has 1 aliphatic heterocycles. The number of benzene rings is 1. The Morgan fingerprint density at radius 2 is 1.43 bits per heavy atom. The number of rotatable bonds is 5. The summed E-state index contributed by atoms with van der Waals surface area (Å²) in [7, 11) is -0.903. The van der Waals surface area contributed by atoms with Crippen molar-refractivity contribution in [3.05, 3.63) is 46.6 Å². The van der Waals surface area contributed by atoms with Crippen LogP contribution in [-0.4, -0.2) is 46.7 Å². The number of aromatic nitrogens is 1. The number of hydrogen-bond acceptors (Lipinski definition) is 8. The zero-order valence-electron chi connectivity index (χ0n) is 25.9. The number of carbonyl (C=O) groups excluding carboxylic acids is 2. The van der Waals surface area contributed by atoms with Gasteiger partial charge in [0.1, 0.15) is 28.9 Å². The van der Waals surface area contributed by atoms with Crippen LogP contribution in [0.3, 0.4) is 0 Å². The SMILES string of the molecule is CC(Oc1cc(B2OC(C)(C)C(C)(C)O2)cnc1N(C(=O)OC(C)(C)C)C(=O)OC(C)(C)C)c1c(F)ccc(F)c1Cl. The lowest BCUT2D eigenvalue weighted by molar-refractivity contribution is 0.00578. The van der Waals surface area contributed by atoms with E-state index in [9.17, 15) is 18.4 Å². The summed E-state index contributed by atoms with van der Waals surface area (Å²) in [5.74, 6) is -2.16. The zero-order valence-corrected chi connectivity index (χ0v) is 26.6. The minimum absolute atomic E-state index is 0.175. The van der Waals surface area contributed by atoms with Crippen LogP contribution >= 0.6 is 11.6 Å². The van der Waals surface area contributed by atoms with Gasteiger partial charge in [-0.05, 0) is 94.4 Å². The Labute approximate surface area is 250 Å². The van der Waals surface area contributed by atoms with Gasteiger partial charge in [-0.25, -0.2) is 23.4 Å². The summed E-state index contributed by atoms with van der Waals surface area (Å²) >= 11 is 6.10. The fraction of sp³-hybridized carbons (Fsp3) is 0.552. The van der Waals surface area contributed by atoms with Crippen LogP contribution in [0.25, 0.3) is 0 Å². The first-order valence-corrected chi connectivity index (χ1v) is 13.8. The van der Waals surface area contributed by atoms with Gasteiger partial charge in [0.15, 0.2) is 11.6 Å². The maximum Gasteiger partial charge on any atom is 0.496 e. The highest BCUT2D eigenvalue weighted by Gasteiger charge is 2.52. The molecule has 230 valence electrons. The molecule has 1 aliphatic rings. The van der Waals surface area contributed by atoms with Crippen LogP contribution in [0.15, 0.2) is 24.4 Å². The third-order valence-electron chi connectivity index (χ3n) is 6.53. The molecule has 1 fully saturated rings. The smallest absolute Gasteiger partial charge is 0.482 e. The fourth-order valence-electron chi connectivity index (χ4n) is 3.84. The summed E-state index contributed by atoms with van der Waals surface area (Å²) < 4.78 is 58.4. The molecule has 1 atom stereocenters. The minimum atomic E-state index is -1.21. The fourth-order valence-corrected chi connectivity index (χ4v) is 4.15. The van der Waals surface area contributed by atoms with Crippen molar-refractivity contribution in [2.24, 2.45) is 0 Å². The third kappa shape index (κ3) is 7.51. The van der Waals surface area contributed by atoms with Gasteiger partial charge in [-0.1, -0.05) is 11.6 Å². The number of imide groups is 1. The molecular formula is C29H38BClF2N2O7. The van der Waals surface area contributed by atoms with Crippen molar-refractivity contribution in [1.82, 2.24) is 4.98 Å². The summed E-state index contributed by atoms with van der Waals surface area (Å²) in [6.45, 7) is 18.7. The lowest BCUT2D eigenvalue weighted by Gasteiger charge is -2.32. The van der Waals surface area contributed by atoms with Crippen LogP contribution in [0.5, 0.6) is 5.75 Å². The molecule has 1 aromatic carbocycles. The molecule has 2 heterocycles. The predicted octanol–water partition coefficient (Wildman–Crippen LogP) is 7.13. The molecule has 2 aromatic rings. The van der Waals surface area contributed by atoms with Crippen molar-refractivity contribution in [2.75, 3.05) is 4.90 Å². The summed E-state index contributed by atoms with van der Waals surface area (Å²) in [5.41, 5.74) is -3.27. The van der Waals surface area contributed by atoms with Crippen LogP contribution < -0.4 is 15.1 Å². The van der Waals surface area contributed by atoms with E-state index in [1.54, 1.807) is 41.5 Å². The van der Waals surface area contributed by atoms with E-state index in [0.29, 0.717) is 10.4 Å². The van der Waals surface area contributed by atoms with E-state index in [1.165, 1.54) is 19.2 Å². The maximum atomic E-state index is 14.8. The van der Waals surface area contributed by atoms with Gasteiger partial charge in [0.05, 0.1) is 16.2 Å². The van der Waals surface area contributed by atoms with Crippen molar-refractivity contribution >= 4 is 42.2 Å². The van der Waals surface area contributed by atoms with Gasteiger partial charge in [-0.15, -0.1) is 0 Å². The van der Waals surface area contributed by atoms with Gasteiger partial charge in [-0.2, -0.15) is 4.90 Å². The Hall–Kier alpha value is -2.96. The van der Waals surface area contributed by atoms with Gasteiger partial charge in [0.2, 0.25) is 0 Å². The number of nitrogens with zero attached hydrogens (tertiary/aromatic N) is 2. The molecule has 1 saturated heterocycles. The number of carbonyl (C=O) groups is 2. The van der Waals surface area contributed by atoms with Gasteiger partial charge in [0.25, 0.3) is 0 Å². The van der Waals surface area contributed by atoms with E-state index in [0.717, 1.165) is 12.1 Å². The molecule has 1 unspecified atom stereocenters. The highest BCUT2D eigenvalue weighted by molar-refractivity contribution is 6.62. The molecule has 3 rings (SSSR count). The second-order valence-corrected chi connectivity index (χ2v) is 13.4. The Balaban J connectivity index is 2.19. The molecule has 1 aromatic heterocycles. The predicted molar refractivity (Wildman–Crippen MR) is 155 cm³/mol. The standard InChI is InChI=1S/C29H38BClF2N2O7/c1-16(21-18(32)12-13-19(33)22(21)31)38-20-14-17(30-41-28(8,9)29(10,11)42-30)15-34-23(20)35(24(36)39-26(2,3)4)25(37)40-27(5,6)7/h12-16H,1-11H3. The monoisotopic (exact) mass is 610 g/mol. The quantitative estimate of drug-likeness (QED) is 0.261. The van der Waals surface area contributed by atoms with E-state index in [-0.39, 0.29) is 17.1 Å². The molecule has 0 saturated carbocycles. The summed E-state index contributed by atoms with van der Waals surface area (Å²) in [6.07, 6.45) is -2.05. The lowest BCUT2D eigenvalue weighted by Crippen LogP contribution is -2.45. The second kappa shape index (κ2) is 11.6. The van der Waals surface area contributed by atoms with Crippen LogP contribution in [0, 0.1) is 11.6 Å². The van der Waals surface area contributed by atoms with E-state index in [2.05, 4.69) is 4.98 Å². The van der Waals surface area contributed by atoms with Crippen LogP contribution in [-0.2, 0) is 18.8 Å². The first-order chi connectivity index (χ1) is 19.0. The van der Waals surface area contributed by atoms with Crippen LogP contribution in [0.2, 0.25) is 5.02 Å². The largest absolute Gasteiger partial charge is 0.496 e. The van der Waals surface area contributed by atoms with E-state index in [4.69, 9.17) is 35.1 Å². The van der Waals surface area contributed by atoms with Crippen molar-refractivity contribution in [3.8, 4) is 5.75 Å². The molecule has 0 aliphatic carbocycles. The van der Waals surface area contributed by atoms with Crippen molar-refractivity contribution in [3.63, 3.8) is 0 Å². The van der Waals surface area contributed by atoms with Crippen molar-refractivity contribution in [1.29, 1.82) is 0 Å². The molecule has 9 nitrogen and oxygen atoms in total. The topological polar surface area (TPSA) is 96.4 Å². The van der Waals surface area contributed by atoms with Crippen LogP contribution in [0.1, 0.15) is 87.8 Å². The Kier molecular flexibility index (Phi) is 9.28. The molecule has 13 heteroatoms. The third-order valence-corrected chi connectivity index (χ3v) is 6.92. The van der Waals surface area contributed by atoms with Crippen molar-refractivity contribution < 1.29 is 41.9 Å². The van der Waals surface area contributed by atoms with E-state index >= 15 is 0 Å². The first kappa shape index (κ1) is 33.5. The molecule has 42 heavy (non-hydrogen) atoms. The Morgan fingerprint density at radius 3 is 1.90 bits per heavy atom.